The van der Waals surface area contributed by atoms with Crippen LogP contribution in [-0.2, 0) is 4.74 Å². The molecule has 0 saturated heterocycles. The van der Waals surface area contributed by atoms with Crippen LogP contribution in [-0.4, -0.2) is 23.0 Å². The van der Waals surface area contributed by atoms with E-state index in [4.69, 9.17) is 14.7 Å². The number of fused-ring (bicyclic) bond motifs is 1. The molecule has 4 heteroatoms. The monoisotopic (exact) mass is 354 g/mol. The number of rotatable bonds is 3. The number of carbonyl (C=O) groups excluding carboxylic acids is 1. The van der Waals surface area contributed by atoms with E-state index in [1.54, 1.807) is 6.07 Å². The number of ether oxygens (including phenoxy) is 1. The molecule has 0 aliphatic rings. The summed E-state index contributed by atoms with van der Waals surface area (Å²) < 4.78 is 4.96. The molecular weight excluding hydrogens is 336 g/mol. The molecule has 0 atom stereocenters. The highest BCUT2D eigenvalue weighted by atomic mass is 16.5. The van der Waals surface area contributed by atoms with Gasteiger partial charge >= 0.3 is 5.97 Å². The fourth-order valence-corrected chi connectivity index (χ4v) is 3.08. The second-order valence-corrected chi connectivity index (χ2v) is 6.31. The van der Waals surface area contributed by atoms with Crippen molar-refractivity contribution in [1.82, 2.24) is 9.97 Å². The summed E-state index contributed by atoms with van der Waals surface area (Å²) in [5.41, 5.74) is 6.30. The van der Waals surface area contributed by atoms with E-state index < -0.39 is 5.97 Å². The molecule has 1 aromatic heterocycles. The highest BCUT2D eigenvalue weighted by Crippen LogP contribution is 2.33. The van der Waals surface area contributed by atoms with Crippen molar-refractivity contribution < 1.29 is 9.53 Å². The Hall–Kier alpha value is -3.53. The van der Waals surface area contributed by atoms with Crippen molar-refractivity contribution in [2.45, 2.75) is 6.92 Å². The minimum atomic E-state index is -0.393. The number of nitrogens with zero attached hydrogens (tertiary/aromatic N) is 2. The van der Waals surface area contributed by atoms with Crippen molar-refractivity contribution in [1.29, 1.82) is 0 Å². The molecule has 3 aromatic carbocycles. The highest BCUT2D eigenvalue weighted by Gasteiger charge is 2.19. The Morgan fingerprint density at radius 3 is 2.04 bits per heavy atom. The highest BCUT2D eigenvalue weighted by molar-refractivity contribution is 5.99. The van der Waals surface area contributed by atoms with Gasteiger partial charge in [-0.15, -0.1) is 0 Å². The van der Waals surface area contributed by atoms with Gasteiger partial charge in [-0.3, -0.25) is 0 Å². The molecule has 0 aliphatic carbocycles. The summed E-state index contributed by atoms with van der Waals surface area (Å²) in [6.07, 6.45) is 0. The number of methoxy groups -OCH3 is 1. The molecule has 0 radical (unpaired) electrons. The van der Waals surface area contributed by atoms with Crippen LogP contribution in [0.25, 0.3) is 33.5 Å². The number of para-hydroxylation sites is 2. The van der Waals surface area contributed by atoms with Gasteiger partial charge in [0, 0.05) is 11.1 Å². The van der Waals surface area contributed by atoms with E-state index in [1.807, 2.05) is 73.7 Å². The van der Waals surface area contributed by atoms with Gasteiger partial charge in [-0.25, -0.2) is 14.8 Å². The zero-order chi connectivity index (χ0) is 18.8. The lowest BCUT2D eigenvalue weighted by Crippen LogP contribution is -2.05. The Bertz CT molecular complexity index is 1130. The molecule has 0 spiro atoms. The van der Waals surface area contributed by atoms with Gasteiger partial charge in [-0.1, -0.05) is 60.2 Å². The van der Waals surface area contributed by atoms with Crippen LogP contribution in [0.4, 0.5) is 0 Å². The van der Waals surface area contributed by atoms with Crippen molar-refractivity contribution in [2.75, 3.05) is 7.11 Å². The third kappa shape index (κ3) is 3.17. The van der Waals surface area contributed by atoms with E-state index in [1.165, 1.54) is 12.7 Å². The molecule has 4 nitrogen and oxygen atoms in total. The Kier molecular flexibility index (Phi) is 4.38. The van der Waals surface area contributed by atoms with Gasteiger partial charge in [0.25, 0.3) is 0 Å². The minimum absolute atomic E-state index is 0.393. The van der Waals surface area contributed by atoms with Gasteiger partial charge in [-0.05, 0) is 25.1 Å². The first kappa shape index (κ1) is 16.9. The lowest BCUT2D eigenvalue weighted by Gasteiger charge is -2.13. The number of aryl methyl sites for hydroxylation is 1. The molecule has 4 aromatic rings. The molecule has 0 aliphatic heterocycles. The zero-order valence-corrected chi connectivity index (χ0v) is 15.1. The number of hydrogen-bond acceptors (Lipinski definition) is 4. The molecule has 0 unspecified atom stereocenters. The quantitative estimate of drug-likeness (QED) is 0.483. The third-order valence-corrected chi connectivity index (χ3v) is 4.48. The van der Waals surface area contributed by atoms with E-state index >= 15 is 0 Å². The standard InChI is InChI=1S/C23H18N2O2/c1-15-11-13-16(14-12-15)21-22(25-20-10-6-5-9-19(20)24-21)17-7-3-4-8-18(17)23(26)27-2/h3-14H,1-2H3. The first-order valence-electron chi connectivity index (χ1n) is 8.69. The normalized spacial score (nSPS) is 10.7. The third-order valence-electron chi connectivity index (χ3n) is 4.48. The predicted octanol–water partition coefficient (Wildman–Crippen LogP) is 5.06. The van der Waals surface area contributed by atoms with Crippen LogP contribution in [0.15, 0.2) is 72.8 Å². The molecule has 0 fully saturated rings. The van der Waals surface area contributed by atoms with Gasteiger partial charge < -0.3 is 4.74 Å². The molecule has 1 heterocycles. The van der Waals surface area contributed by atoms with E-state index in [9.17, 15) is 4.79 Å². The number of carbonyl (C=O) groups is 1. The second-order valence-electron chi connectivity index (χ2n) is 6.31. The molecule has 4 rings (SSSR count). The molecule has 0 amide bonds. The van der Waals surface area contributed by atoms with Crippen LogP contribution in [0.2, 0.25) is 0 Å². The Morgan fingerprint density at radius 2 is 1.37 bits per heavy atom. The van der Waals surface area contributed by atoms with Crippen molar-refractivity contribution in [3.8, 4) is 22.5 Å². The average molecular weight is 354 g/mol. The summed E-state index contributed by atoms with van der Waals surface area (Å²) in [6.45, 7) is 2.04. The van der Waals surface area contributed by atoms with Crippen LogP contribution < -0.4 is 0 Å². The van der Waals surface area contributed by atoms with E-state index in [0.29, 0.717) is 16.8 Å². The Morgan fingerprint density at radius 1 is 0.778 bits per heavy atom. The first-order valence-corrected chi connectivity index (χ1v) is 8.69. The molecule has 132 valence electrons. The smallest absolute Gasteiger partial charge is 0.338 e. The minimum Gasteiger partial charge on any atom is -0.465 e. The van der Waals surface area contributed by atoms with E-state index in [-0.39, 0.29) is 0 Å². The van der Waals surface area contributed by atoms with Gasteiger partial charge in [0.15, 0.2) is 0 Å². The van der Waals surface area contributed by atoms with Gasteiger partial charge in [0.05, 0.1) is 35.1 Å². The van der Waals surface area contributed by atoms with Crippen LogP contribution in [0.1, 0.15) is 15.9 Å². The summed E-state index contributed by atoms with van der Waals surface area (Å²) in [7, 11) is 1.38. The number of benzene rings is 3. The maximum Gasteiger partial charge on any atom is 0.338 e. The SMILES string of the molecule is COC(=O)c1ccccc1-c1nc2ccccc2nc1-c1ccc(C)cc1. The van der Waals surface area contributed by atoms with Crippen molar-refractivity contribution in [2.24, 2.45) is 0 Å². The lowest BCUT2D eigenvalue weighted by atomic mass is 9.98. The Balaban J connectivity index is 2.04. The van der Waals surface area contributed by atoms with Crippen LogP contribution in [0.3, 0.4) is 0 Å². The van der Waals surface area contributed by atoms with Crippen molar-refractivity contribution in [3.63, 3.8) is 0 Å². The second kappa shape index (κ2) is 7.00. The fourth-order valence-electron chi connectivity index (χ4n) is 3.08. The summed E-state index contributed by atoms with van der Waals surface area (Å²) in [4.78, 5) is 22.0. The van der Waals surface area contributed by atoms with Crippen LogP contribution in [0, 0.1) is 6.92 Å². The zero-order valence-electron chi connectivity index (χ0n) is 15.1. The first-order chi connectivity index (χ1) is 13.2. The molecule has 0 bridgehead atoms. The molecule has 27 heavy (non-hydrogen) atoms. The van der Waals surface area contributed by atoms with Crippen LogP contribution in [0.5, 0.6) is 0 Å². The topological polar surface area (TPSA) is 52.1 Å². The lowest BCUT2D eigenvalue weighted by molar-refractivity contribution is 0.0601. The van der Waals surface area contributed by atoms with E-state index in [0.717, 1.165) is 22.3 Å². The van der Waals surface area contributed by atoms with Gasteiger partial charge in [-0.2, -0.15) is 0 Å². The maximum atomic E-state index is 12.3. The molecular formula is C23H18N2O2. The Labute approximate surface area is 157 Å². The van der Waals surface area contributed by atoms with Gasteiger partial charge in [0.2, 0.25) is 0 Å². The number of esters is 1. The summed E-state index contributed by atoms with van der Waals surface area (Å²) >= 11 is 0. The molecule has 0 saturated carbocycles. The summed E-state index contributed by atoms with van der Waals surface area (Å²) in [5, 5.41) is 0. The molecule has 0 N–H and O–H groups in total. The number of aromatic nitrogens is 2. The summed E-state index contributed by atoms with van der Waals surface area (Å²) in [6, 6.07) is 23.2. The maximum absolute atomic E-state index is 12.3. The largest absolute Gasteiger partial charge is 0.465 e. The van der Waals surface area contributed by atoms with Crippen molar-refractivity contribution in [3.05, 3.63) is 83.9 Å². The predicted molar refractivity (Wildman–Crippen MR) is 106 cm³/mol. The van der Waals surface area contributed by atoms with Crippen molar-refractivity contribution >= 4 is 17.0 Å². The number of hydrogen-bond donors (Lipinski definition) is 0. The van der Waals surface area contributed by atoms with Crippen LogP contribution >= 0.6 is 0 Å². The van der Waals surface area contributed by atoms with Gasteiger partial charge in [0.1, 0.15) is 0 Å². The van der Waals surface area contributed by atoms with E-state index in [2.05, 4.69) is 0 Å². The fraction of sp³-hybridized carbons (Fsp3) is 0.0870. The summed E-state index contributed by atoms with van der Waals surface area (Å²) in [5.74, 6) is -0.393. The average Bonchev–Trinajstić information content (AvgIpc) is 2.73.